The van der Waals surface area contributed by atoms with Crippen LogP contribution in [0.15, 0.2) is 18.2 Å². The number of ether oxygens (including phenoxy) is 1. The molecule has 84 valence electrons. The molecule has 0 aliphatic carbocycles. The Bertz CT molecular complexity index is 326. The summed E-state index contributed by atoms with van der Waals surface area (Å²) in [4.78, 5) is 0. The molecule has 0 bridgehead atoms. The van der Waals surface area contributed by atoms with Gasteiger partial charge in [-0.1, -0.05) is 6.07 Å². The van der Waals surface area contributed by atoms with E-state index in [9.17, 15) is 0 Å². The molecule has 0 saturated carbocycles. The minimum Gasteiger partial charge on any atom is -0.494 e. The molecule has 0 spiro atoms. The first-order valence-electron chi connectivity index (χ1n) is 5.37. The number of rotatable bonds is 4. The fourth-order valence-corrected chi connectivity index (χ4v) is 1.24. The molecule has 1 aromatic carbocycles. The standard InChI is InChI=1S/C13H21NO/c1-10-5-6-12(9-11(10)2)15-8-7-13(3,4)14/h5-6,9H,7-8,14H2,1-4H3. The molecule has 0 fully saturated rings. The molecule has 0 aliphatic heterocycles. The van der Waals surface area contributed by atoms with E-state index in [2.05, 4.69) is 26.0 Å². The Kier molecular flexibility index (Phi) is 3.75. The molecule has 1 rings (SSSR count). The molecule has 2 N–H and O–H groups in total. The van der Waals surface area contributed by atoms with Gasteiger partial charge < -0.3 is 10.5 Å². The lowest BCUT2D eigenvalue weighted by molar-refractivity contribution is 0.274. The summed E-state index contributed by atoms with van der Waals surface area (Å²) in [6.07, 6.45) is 0.861. The average Bonchev–Trinajstić information content (AvgIpc) is 2.09. The van der Waals surface area contributed by atoms with Crippen LogP contribution in [0.5, 0.6) is 5.75 Å². The number of hydrogen-bond acceptors (Lipinski definition) is 2. The van der Waals surface area contributed by atoms with E-state index >= 15 is 0 Å². The summed E-state index contributed by atoms with van der Waals surface area (Å²) in [7, 11) is 0. The van der Waals surface area contributed by atoms with Gasteiger partial charge in [-0.3, -0.25) is 0 Å². The molecule has 0 aliphatic rings. The van der Waals surface area contributed by atoms with E-state index in [0.29, 0.717) is 6.61 Å². The first-order valence-corrected chi connectivity index (χ1v) is 5.37. The van der Waals surface area contributed by atoms with Gasteiger partial charge in [0.1, 0.15) is 5.75 Å². The molecule has 1 aromatic rings. The Morgan fingerprint density at radius 1 is 1.20 bits per heavy atom. The Hall–Kier alpha value is -1.02. The van der Waals surface area contributed by atoms with Gasteiger partial charge in [0.05, 0.1) is 6.61 Å². The van der Waals surface area contributed by atoms with Gasteiger partial charge in [0.2, 0.25) is 0 Å². The molecule has 2 nitrogen and oxygen atoms in total. The maximum Gasteiger partial charge on any atom is 0.119 e. The Balaban J connectivity index is 2.48. The van der Waals surface area contributed by atoms with Crippen LogP contribution in [-0.2, 0) is 0 Å². The van der Waals surface area contributed by atoms with Crippen LogP contribution in [0.4, 0.5) is 0 Å². The minimum absolute atomic E-state index is 0.153. The SMILES string of the molecule is Cc1ccc(OCCC(C)(C)N)cc1C. The summed E-state index contributed by atoms with van der Waals surface area (Å²) in [5.74, 6) is 0.933. The topological polar surface area (TPSA) is 35.2 Å². The second-order valence-electron chi connectivity index (χ2n) is 4.83. The molecule has 0 unspecified atom stereocenters. The van der Waals surface area contributed by atoms with E-state index in [-0.39, 0.29) is 5.54 Å². The third-order valence-corrected chi connectivity index (χ3v) is 2.49. The van der Waals surface area contributed by atoms with Crippen LogP contribution in [0.2, 0.25) is 0 Å². The Labute approximate surface area is 92.4 Å². The summed E-state index contributed by atoms with van der Waals surface area (Å²) in [5.41, 5.74) is 8.28. The monoisotopic (exact) mass is 207 g/mol. The molecular weight excluding hydrogens is 186 g/mol. The van der Waals surface area contributed by atoms with E-state index < -0.39 is 0 Å². The van der Waals surface area contributed by atoms with Crippen LogP contribution >= 0.6 is 0 Å². The molecule has 15 heavy (non-hydrogen) atoms. The van der Waals surface area contributed by atoms with Crippen molar-refractivity contribution in [2.75, 3.05) is 6.61 Å². The van der Waals surface area contributed by atoms with Gasteiger partial charge in [0, 0.05) is 5.54 Å². The van der Waals surface area contributed by atoms with Crippen molar-refractivity contribution < 1.29 is 4.74 Å². The maximum atomic E-state index is 5.87. The summed E-state index contributed by atoms with van der Waals surface area (Å²) >= 11 is 0. The van der Waals surface area contributed by atoms with E-state index in [4.69, 9.17) is 10.5 Å². The van der Waals surface area contributed by atoms with Crippen LogP contribution < -0.4 is 10.5 Å². The molecule has 0 saturated heterocycles. The van der Waals surface area contributed by atoms with Crippen molar-refractivity contribution >= 4 is 0 Å². The lowest BCUT2D eigenvalue weighted by Gasteiger charge is -2.18. The van der Waals surface area contributed by atoms with E-state index in [1.807, 2.05) is 19.9 Å². The molecule has 0 amide bonds. The highest BCUT2D eigenvalue weighted by Crippen LogP contribution is 2.17. The van der Waals surface area contributed by atoms with Crippen LogP contribution in [0, 0.1) is 13.8 Å². The van der Waals surface area contributed by atoms with Crippen LogP contribution in [0.1, 0.15) is 31.4 Å². The normalized spacial score (nSPS) is 11.5. The number of nitrogens with two attached hydrogens (primary N) is 1. The second-order valence-corrected chi connectivity index (χ2v) is 4.83. The second kappa shape index (κ2) is 4.67. The summed E-state index contributed by atoms with van der Waals surface area (Å²) in [5, 5.41) is 0. The van der Waals surface area contributed by atoms with Gasteiger partial charge in [-0.2, -0.15) is 0 Å². The summed E-state index contributed by atoms with van der Waals surface area (Å²) in [6.45, 7) is 8.89. The highest BCUT2D eigenvalue weighted by atomic mass is 16.5. The number of aryl methyl sites for hydroxylation is 2. The number of hydrogen-bond donors (Lipinski definition) is 1. The van der Waals surface area contributed by atoms with Gasteiger partial charge in [-0.25, -0.2) is 0 Å². The van der Waals surface area contributed by atoms with Gasteiger partial charge in [0.25, 0.3) is 0 Å². The largest absolute Gasteiger partial charge is 0.494 e. The number of benzene rings is 1. The van der Waals surface area contributed by atoms with Gasteiger partial charge in [-0.05, 0) is 57.4 Å². The van der Waals surface area contributed by atoms with Crippen LogP contribution in [-0.4, -0.2) is 12.1 Å². The highest BCUT2D eigenvalue weighted by Gasteiger charge is 2.10. The predicted octanol–water partition coefficient (Wildman–Crippen LogP) is 2.81. The van der Waals surface area contributed by atoms with Gasteiger partial charge >= 0.3 is 0 Å². The Morgan fingerprint density at radius 2 is 1.87 bits per heavy atom. The van der Waals surface area contributed by atoms with Gasteiger partial charge in [0.15, 0.2) is 0 Å². The predicted molar refractivity (Wildman–Crippen MR) is 64.3 cm³/mol. The first-order chi connectivity index (χ1) is 6.88. The Morgan fingerprint density at radius 3 is 2.40 bits per heavy atom. The van der Waals surface area contributed by atoms with E-state index in [1.54, 1.807) is 0 Å². The van der Waals surface area contributed by atoms with Crippen molar-refractivity contribution in [2.24, 2.45) is 5.73 Å². The summed E-state index contributed by atoms with van der Waals surface area (Å²) < 4.78 is 5.64. The lowest BCUT2D eigenvalue weighted by atomic mass is 10.0. The molecular formula is C13H21NO. The van der Waals surface area contributed by atoms with Crippen LogP contribution in [0.3, 0.4) is 0 Å². The van der Waals surface area contributed by atoms with E-state index in [0.717, 1.165) is 12.2 Å². The fraction of sp³-hybridized carbons (Fsp3) is 0.538. The average molecular weight is 207 g/mol. The van der Waals surface area contributed by atoms with Gasteiger partial charge in [-0.15, -0.1) is 0 Å². The first kappa shape index (κ1) is 12.1. The lowest BCUT2D eigenvalue weighted by Crippen LogP contribution is -2.33. The van der Waals surface area contributed by atoms with Crippen molar-refractivity contribution in [3.63, 3.8) is 0 Å². The zero-order chi connectivity index (χ0) is 11.5. The van der Waals surface area contributed by atoms with E-state index in [1.165, 1.54) is 11.1 Å². The molecule has 0 heterocycles. The van der Waals surface area contributed by atoms with Crippen molar-refractivity contribution in [3.8, 4) is 5.75 Å². The van der Waals surface area contributed by atoms with Crippen molar-refractivity contribution in [3.05, 3.63) is 29.3 Å². The van der Waals surface area contributed by atoms with Crippen molar-refractivity contribution in [1.29, 1.82) is 0 Å². The molecule has 0 atom stereocenters. The zero-order valence-corrected chi connectivity index (χ0v) is 10.1. The maximum absolute atomic E-state index is 5.87. The third kappa shape index (κ3) is 4.34. The third-order valence-electron chi connectivity index (χ3n) is 2.49. The molecule has 2 heteroatoms. The quantitative estimate of drug-likeness (QED) is 0.824. The molecule has 0 radical (unpaired) electrons. The zero-order valence-electron chi connectivity index (χ0n) is 10.1. The highest BCUT2D eigenvalue weighted by molar-refractivity contribution is 5.33. The van der Waals surface area contributed by atoms with Crippen molar-refractivity contribution in [1.82, 2.24) is 0 Å². The van der Waals surface area contributed by atoms with Crippen molar-refractivity contribution in [2.45, 2.75) is 39.7 Å². The van der Waals surface area contributed by atoms with Crippen LogP contribution in [0.25, 0.3) is 0 Å². The minimum atomic E-state index is -0.153. The smallest absolute Gasteiger partial charge is 0.119 e. The molecule has 0 aromatic heterocycles. The summed E-state index contributed by atoms with van der Waals surface area (Å²) in [6, 6.07) is 6.16. The fourth-order valence-electron chi connectivity index (χ4n) is 1.24.